The predicted molar refractivity (Wildman–Crippen MR) is 58.9 cm³/mol. The molecule has 3 heteroatoms. The average molecular weight is 203 g/mol. The molecule has 0 spiro atoms. The standard InChI is InChI=1S/C10H21NOS/c1-2-13-6-5-10(7-11,8-12)9-3-4-9/h9,12H,2-8,11H2,1H3. The van der Waals surface area contributed by atoms with Crippen LogP contribution in [0.25, 0.3) is 0 Å². The molecule has 13 heavy (non-hydrogen) atoms. The summed E-state index contributed by atoms with van der Waals surface area (Å²) in [5, 5.41) is 9.40. The van der Waals surface area contributed by atoms with Crippen LogP contribution in [0.5, 0.6) is 0 Å². The molecular formula is C10H21NOS. The van der Waals surface area contributed by atoms with Crippen LogP contribution in [0.2, 0.25) is 0 Å². The number of aliphatic hydroxyl groups excluding tert-OH is 1. The van der Waals surface area contributed by atoms with E-state index in [1.807, 2.05) is 11.8 Å². The zero-order valence-electron chi connectivity index (χ0n) is 8.46. The van der Waals surface area contributed by atoms with E-state index in [-0.39, 0.29) is 12.0 Å². The van der Waals surface area contributed by atoms with Crippen molar-refractivity contribution in [2.75, 3.05) is 24.7 Å². The first-order valence-electron chi connectivity index (χ1n) is 5.17. The molecule has 0 aromatic rings. The van der Waals surface area contributed by atoms with Gasteiger partial charge in [-0.2, -0.15) is 11.8 Å². The Balaban J connectivity index is 2.35. The quantitative estimate of drug-likeness (QED) is 0.616. The van der Waals surface area contributed by atoms with Crippen molar-refractivity contribution in [1.82, 2.24) is 0 Å². The SMILES string of the molecule is CCSCCC(CN)(CO)C1CC1. The van der Waals surface area contributed by atoms with E-state index < -0.39 is 0 Å². The van der Waals surface area contributed by atoms with Crippen LogP contribution in [0, 0.1) is 11.3 Å². The molecule has 0 amide bonds. The van der Waals surface area contributed by atoms with Gasteiger partial charge in [0.25, 0.3) is 0 Å². The molecule has 0 heterocycles. The number of thioether (sulfide) groups is 1. The second-order valence-electron chi connectivity index (χ2n) is 3.95. The maximum absolute atomic E-state index is 9.40. The fourth-order valence-corrected chi connectivity index (χ4v) is 2.70. The highest BCUT2D eigenvalue weighted by molar-refractivity contribution is 7.99. The summed E-state index contributed by atoms with van der Waals surface area (Å²) in [5.41, 5.74) is 5.83. The van der Waals surface area contributed by atoms with E-state index in [0.29, 0.717) is 12.5 Å². The van der Waals surface area contributed by atoms with Crippen molar-refractivity contribution in [2.24, 2.45) is 17.1 Å². The topological polar surface area (TPSA) is 46.2 Å². The second-order valence-corrected chi connectivity index (χ2v) is 5.34. The molecule has 1 aliphatic carbocycles. The van der Waals surface area contributed by atoms with Crippen LogP contribution in [-0.4, -0.2) is 29.8 Å². The van der Waals surface area contributed by atoms with Crippen molar-refractivity contribution in [2.45, 2.75) is 26.2 Å². The third-order valence-electron chi connectivity index (χ3n) is 3.11. The second kappa shape index (κ2) is 5.23. The molecule has 0 aromatic carbocycles. The lowest BCUT2D eigenvalue weighted by atomic mass is 9.81. The normalized spacial score (nSPS) is 21.5. The highest BCUT2D eigenvalue weighted by Gasteiger charge is 2.43. The fourth-order valence-electron chi connectivity index (χ4n) is 1.86. The Morgan fingerprint density at radius 1 is 1.54 bits per heavy atom. The molecule has 0 radical (unpaired) electrons. The molecule has 1 saturated carbocycles. The van der Waals surface area contributed by atoms with Crippen LogP contribution >= 0.6 is 11.8 Å². The van der Waals surface area contributed by atoms with Gasteiger partial charge >= 0.3 is 0 Å². The van der Waals surface area contributed by atoms with Gasteiger partial charge in [0.1, 0.15) is 0 Å². The minimum atomic E-state index is 0.0577. The largest absolute Gasteiger partial charge is 0.396 e. The van der Waals surface area contributed by atoms with E-state index in [9.17, 15) is 5.11 Å². The van der Waals surface area contributed by atoms with Crippen molar-refractivity contribution >= 4 is 11.8 Å². The zero-order chi connectivity index (χ0) is 9.73. The van der Waals surface area contributed by atoms with Gasteiger partial charge in [-0.25, -0.2) is 0 Å². The van der Waals surface area contributed by atoms with Crippen LogP contribution in [-0.2, 0) is 0 Å². The van der Waals surface area contributed by atoms with Crippen molar-refractivity contribution in [3.05, 3.63) is 0 Å². The summed E-state index contributed by atoms with van der Waals surface area (Å²) >= 11 is 1.94. The van der Waals surface area contributed by atoms with Crippen LogP contribution < -0.4 is 5.73 Å². The van der Waals surface area contributed by atoms with Gasteiger partial charge < -0.3 is 10.8 Å². The highest BCUT2D eigenvalue weighted by Crippen LogP contribution is 2.47. The number of hydrogen-bond donors (Lipinski definition) is 2. The van der Waals surface area contributed by atoms with Gasteiger partial charge in [0.05, 0.1) is 6.61 Å². The molecule has 0 aliphatic heterocycles. The predicted octanol–water partition coefficient (Wildman–Crippen LogP) is 1.48. The maximum Gasteiger partial charge on any atom is 0.0502 e. The molecule has 0 saturated heterocycles. The summed E-state index contributed by atoms with van der Waals surface area (Å²) in [4.78, 5) is 0. The number of aliphatic hydroxyl groups is 1. The molecule has 0 aromatic heterocycles. The van der Waals surface area contributed by atoms with Crippen molar-refractivity contribution in [1.29, 1.82) is 0 Å². The molecule has 3 N–H and O–H groups in total. The minimum Gasteiger partial charge on any atom is -0.396 e. The average Bonchev–Trinajstić information content (AvgIpc) is 2.97. The monoisotopic (exact) mass is 203 g/mol. The summed E-state index contributed by atoms with van der Waals surface area (Å²) in [7, 11) is 0. The van der Waals surface area contributed by atoms with E-state index in [4.69, 9.17) is 5.73 Å². The molecule has 1 rings (SSSR count). The van der Waals surface area contributed by atoms with Crippen LogP contribution in [0.1, 0.15) is 26.2 Å². The lowest BCUT2D eigenvalue weighted by molar-refractivity contribution is 0.106. The van der Waals surface area contributed by atoms with Crippen molar-refractivity contribution in [3.63, 3.8) is 0 Å². The Morgan fingerprint density at radius 2 is 2.23 bits per heavy atom. The summed E-state index contributed by atoms with van der Waals surface area (Å²) in [5.74, 6) is 3.02. The number of nitrogens with two attached hydrogens (primary N) is 1. The van der Waals surface area contributed by atoms with Gasteiger partial charge in [-0.1, -0.05) is 6.92 Å². The van der Waals surface area contributed by atoms with E-state index in [1.54, 1.807) is 0 Å². The molecular weight excluding hydrogens is 182 g/mol. The Kier molecular flexibility index (Phi) is 4.56. The molecule has 1 fully saturated rings. The summed E-state index contributed by atoms with van der Waals surface area (Å²) < 4.78 is 0. The number of hydrogen-bond acceptors (Lipinski definition) is 3. The van der Waals surface area contributed by atoms with Crippen LogP contribution in [0.4, 0.5) is 0 Å². The first kappa shape index (κ1) is 11.3. The third kappa shape index (κ3) is 2.86. The van der Waals surface area contributed by atoms with Crippen molar-refractivity contribution in [3.8, 4) is 0 Å². The molecule has 0 bridgehead atoms. The molecule has 1 aliphatic rings. The van der Waals surface area contributed by atoms with Gasteiger partial charge in [-0.3, -0.25) is 0 Å². The van der Waals surface area contributed by atoms with E-state index in [1.165, 1.54) is 12.8 Å². The van der Waals surface area contributed by atoms with Gasteiger partial charge in [0, 0.05) is 12.0 Å². The Labute approximate surface area is 85.3 Å². The maximum atomic E-state index is 9.40. The van der Waals surface area contributed by atoms with Crippen LogP contribution in [0.15, 0.2) is 0 Å². The number of rotatable bonds is 7. The van der Waals surface area contributed by atoms with Crippen molar-refractivity contribution < 1.29 is 5.11 Å². The van der Waals surface area contributed by atoms with Gasteiger partial charge in [-0.15, -0.1) is 0 Å². The molecule has 1 atom stereocenters. The molecule has 1 unspecified atom stereocenters. The summed E-state index contributed by atoms with van der Waals surface area (Å²) in [6.07, 6.45) is 3.63. The van der Waals surface area contributed by atoms with Gasteiger partial charge in [0.2, 0.25) is 0 Å². The van der Waals surface area contributed by atoms with E-state index in [0.717, 1.165) is 17.9 Å². The highest BCUT2D eigenvalue weighted by atomic mass is 32.2. The minimum absolute atomic E-state index is 0.0577. The van der Waals surface area contributed by atoms with Gasteiger partial charge in [0.15, 0.2) is 0 Å². The Morgan fingerprint density at radius 3 is 2.62 bits per heavy atom. The third-order valence-corrected chi connectivity index (χ3v) is 4.01. The smallest absolute Gasteiger partial charge is 0.0502 e. The Bertz CT molecular complexity index is 144. The summed E-state index contributed by atoms with van der Waals surface area (Å²) in [6.45, 7) is 3.10. The fraction of sp³-hybridized carbons (Fsp3) is 1.00. The molecule has 78 valence electrons. The van der Waals surface area contributed by atoms with Crippen LogP contribution in [0.3, 0.4) is 0 Å². The lowest BCUT2D eigenvalue weighted by Gasteiger charge is -2.30. The Hall–Kier alpha value is 0.270. The lowest BCUT2D eigenvalue weighted by Crippen LogP contribution is -2.37. The summed E-state index contributed by atoms with van der Waals surface area (Å²) in [6, 6.07) is 0. The first-order chi connectivity index (χ1) is 6.29. The molecule has 2 nitrogen and oxygen atoms in total. The first-order valence-corrected chi connectivity index (χ1v) is 6.33. The zero-order valence-corrected chi connectivity index (χ0v) is 9.28. The van der Waals surface area contributed by atoms with Gasteiger partial charge in [-0.05, 0) is 36.7 Å². The van der Waals surface area contributed by atoms with E-state index >= 15 is 0 Å². The van der Waals surface area contributed by atoms with E-state index in [2.05, 4.69) is 6.92 Å².